The predicted octanol–water partition coefficient (Wildman–Crippen LogP) is 7.60. The van der Waals surface area contributed by atoms with Gasteiger partial charge in [0.2, 0.25) is 8.32 Å². The lowest BCUT2D eigenvalue weighted by Crippen LogP contribution is -2.50. The van der Waals surface area contributed by atoms with Crippen LogP contribution in [0.25, 0.3) is 0 Å². The van der Waals surface area contributed by atoms with E-state index in [9.17, 15) is 0 Å². The average Bonchev–Trinajstić information content (AvgIpc) is 2.68. The maximum absolute atomic E-state index is 6.61. The standard InChI is InChI=1S/C24H44OSi/c1-4-7-9-11-13-18-22-26(25-6-3,24-20-16-15-17-21-24)23-19-14-12-10-8-5-2/h15-17,20-21H,4-14,18-19,22-23H2,1-3H3. The van der Waals surface area contributed by atoms with Gasteiger partial charge in [-0.15, -0.1) is 0 Å². The van der Waals surface area contributed by atoms with Gasteiger partial charge in [-0.1, -0.05) is 121 Å². The van der Waals surface area contributed by atoms with E-state index in [4.69, 9.17) is 4.43 Å². The highest BCUT2D eigenvalue weighted by molar-refractivity contribution is 6.86. The van der Waals surface area contributed by atoms with Crippen LogP contribution in [0.2, 0.25) is 12.1 Å². The fourth-order valence-electron chi connectivity index (χ4n) is 4.04. The molecule has 0 heterocycles. The van der Waals surface area contributed by atoms with Crippen LogP contribution in [-0.4, -0.2) is 14.9 Å². The number of unbranched alkanes of at least 4 members (excludes halogenated alkanes) is 10. The Labute approximate surface area is 165 Å². The first kappa shape index (κ1) is 23.4. The average molecular weight is 377 g/mol. The third kappa shape index (κ3) is 9.37. The second-order valence-corrected chi connectivity index (χ2v) is 11.7. The molecule has 1 nitrogen and oxygen atoms in total. The Hall–Kier alpha value is -0.603. The van der Waals surface area contributed by atoms with E-state index in [2.05, 4.69) is 51.1 Å². The van der Waals surface area contributed by atoms with Crippen molar-refractivity contribution < 1.29 is 4.43 Å². The molecule has 1 aromatic carbocycles. The van der Waals surface area contributed by atoms with Crippen LogP contribution in [0, 0.1) is 0 Å². The van der Waals surface area contributed by atoms with Crippen LogP contribution in [0.3, 0.4) is 0 Å². The largest absolute Gasteiger partial charge is 0.413 e. The van der Waals surface area contributed by atoms with Crippen LogP contribution in [0.1, 0.15) is 97.8 Å². The van der Waals surface area contributed by atoms with Gasteiger partial charge in [0.15, 0.2) is 0 Å². The maximum atomic E-state index is 6.61. The lowest BCUT2D eigenvalue weighted by molar-refractivity contribution is 0.325. The van der Waals surface area contributed by atoms with Crippen molar-refractivity contribution in [3.63, 3.8) is 0 Å². The van der Waals surface area contributed by atoms with Gasteiger partial charge in [0.25, 0.3) is 0 Å². The fraction of sp³-hybridized carbons (Fsp3) is 0.750. The molecule has 1 rings (SSSR count). The smallest absolute Gasteiger partial charge is 0.224 e. The van der Waals surface area contributed by atoms with Crippen molar-refractivity contribution in [3.8, 4) is 0 Å². The minimum absolute atomic E-state index is 0.868. The van der Waals surface area contributed by atoms with Gasteiger partial charge >= 0.3 is 0 Å². The molecule has 0 aliphatic heterocycles. The van der Waals surface area contributed by atoms with Crippen molar-refractivity contribution in [1.82, 2.24) is 0 Å². The molecule has 0 saturated heterocycles. The van der Waals surface area contributed by atoms with Gasteiger partial charge in [0, 0.05) is 6.61 Å². The Morgan fingerprint density at radius 3 is 1.54 bits per heavy atom. The third-order valence-electron chi connectivity index (χ3n) is 5.59. The third-order valence-corrected chi connectivity index (χ3v) is 10.1. The lowest BCUT2D eigenvalue weighted by Gasteiger charge is -2.32. The number of benzene rings is 1. The van der Waals surface area contributed by atoms with E-state index in [1.807, 2.05) is 0 Å². The molecular formula is C24H44OSi. The van der Waals surface area contributed by atoms with Gasteiger partial charge in [-0.05, 0) is 24.2 Å². The zero-order valence-corrected chi connectivity index (χ0v) is 18.9. The van der Waals surface area contributed by atoms with E-state index < -0.39 is 8.32 Å². The molecule has 1 aromatic rings. The van der Waals surface area contributed by atoms with Crippen LogP contribution in [0.4, 0.5) is 0 Å². The molecule has 0 aliphatic rings. The highest BCUT2D eigenvalue weighted by Gasteiger charge is 2.35. The molecule has 0 atom stereocenters. The van der Waals surface area contributed by atoms with Crippen molar-refractivity contribution in [2.24, 2.45) is 0 Å². The van der Waals surface area contributed by atoms with Gasteiger partial charge in [0.1, 0.15) is 0 Å². The van der Waals surface area contributed by atoms with Crippen LogP contribution < -0.4 is 5.19 Å². The van der Waals surface area contributed by atoms with E-state index in [1.165, 1.54) is 94.3 Å². The molecule has 0 N–H and O–H groups in total. The highest BCUT2D eigenvalue weighted by Crippen LogP contribution is 2.25. The van der Waals surface area contributed by atoms with Gasteiger partial charge in [-0.25, -0.2) is 0 Å². The first-order chi connectivity index (χ1) is 12.8. The summed E-state index contributed by atoms with van der Waals surface area (Å²) in [6.45, 7) is 7.64. The second-order valence-electron chi connectivity index (χ2n) is 7.83. The Morgan fingerprint density at radius 2 is 1.08 bits per heavy atom. The van der Waals surface area contributed by atoms with Crippen LogP contribution in [-0.2, 0) is 4.43 Å². The number of hydrogen-bond acceptors (Lipinski definition) is 1. The SMILES string of the molecule is CCCCCCCC[Si](CCCCCCCC)(OCC)c1ccccc1. The summed E-state index contributed by atoms with van der Waals surface area (Å²) in [5, 5.41) is 1.53. The number of hydrogen-bond donors (Lipinski definition) is 0. The predicted molar refractivity (Wildman–Crippen MR) is 120 cm³/mol. The Kier molecular flexibility index (Phi) is 13.9. The Bertz CT molecular complexity index is 401. The molecule has 2 heteroatoms. The molecule has 0 unspecified atom stereocenters. The molecule has 0 saturated carbocycles. The first-order valence-corrected chi connectivity index (χ1v) is 13.8. The van der Waals surface area contributed by atoms with Crippen molar-refractivity contribution in [2.45, 2.75) is 110 Å². The molecule has 0 radical (unpaired) electrons. The summed E-state index contributed by atoms with van der Waals surface area (Å²) >= 11 is 0. The first-order valence-electron chi connectivity index (χ1n) is 11.5. The summed E-state index contributed by atoms with van der Waals surface area (Å²) < 4.78 is 6.61. The van der Waals surface area contributed by atoms with Crippen LogP contribution in [0.15, 0.2) is 30.3 Å². The van der Waals surface area contributed by atoms with Crippen LogP contribution in [0.5, 0.6) is 0 Å². The molecular weight excluding hydrogens is 332 g/mol. The molecule has 0 fully saturated rings. The monoisotopic (exact) mass is 376 g/mol. The molecule has 26 heavy (non-hydrogen) atoms. The maximum Gasteiger partial charge on any atom is 0.224 e. The minimum atomic E-state index is -1.81. The van der Waals surface area contributed by atoms with Crippen LogP contribution >= 0.6 is 0 Å². The fourth-order valence-corrected chi connectivity index (χ4v) is 8.32. The Balaban J connectivity index is 2.62. The number of rotatable bonds is 17. The normalized spacial score (nSPS) is 11.8. The summed E-state index contributed by atoms with van der Waals surface area (Å²) in [6, 6.07) is 13.9. The van der Waals surface area contributed by atoms with E-state index in [1.54, 1.807) is 0 Å². The molecule has 0 aromatic heterocycles. The van der Waals surface area contributed by atoms with Crippen molar-refractivity contribution in [1.29, 1.82) is 0 Å². The highest BCUT2D eigenvalue weighted by atomic mass is 28.4. The quantitative estimate of drug-likeness (QED) is 0.201. The summed E-state index contributed by atoms with van der Waals surface area (Å²) in [7, 11) is -1.81. The summed E-state index contributed by atoms with van der Waals surface area (Å²) in [4.78, 5) is 0. The Morgan fingerprint density at radius 1 is 0.615 bits per heavy atom. The van der Waals surface area contributed by atoms with Crippen molar-refractivity contribution in [3.05, 3.63) is 30.3 Å². The van der Waals surface area contributed by atoms with E-state index >= 15 is 0 Å². The molecule has 0 bridgehead atoms. The summed E-state index contributed by atoms with van der Waals surface area (Å²) in [5.74, 6) is 0. The minimum Gasteiger partial charge on any atom is -0.413 e. The topological polar surface area (TPSA) is 9.23 Å². The van der Waals surface area contributed by atoms with Gasteiger partial charge in [-0.2, -0.15) is 0 Å². The van der Waals surface area contributed by atoms with E-state index in [0.717, 1.165) is 6.61 Å². The lowest BCUT2D eigenvalue weighted by atomic mass is 10.1. The van der Waals surface area contributed by atoms with Gasteiger partial charge < -0.3 is 4.43 Å². The zero-order chi connectivity index (χ0) is 18.9. The molecule has 0 aliphatic carbocycles. The van der Waals surface area contributed by atoms with Gasteiger partial charge in [0.05, 0.1) is 0 Å². The molecule has 150 valence electrons. The summed E-state index contributed by atoms with van der Waals surface area (Å²) in [6.07, 6.45) is 16.5. The van der Waals surface area contributed by atoms with E-state index in [-0.39, 0.29) is 0 Å². The molecule has 0 spiro atoms. The second kappa shape index (κ2) is 15.5. The van der Waals surface area contributed by atoms with E-state index in [0.29, 0.717) is 0 Å². The zero-order valence-electron chi connectivity index (χ0n) is 17.9. The van der Waals surface area contributed by atoms with Gasteiger partial charge in [-0.3, -0.25) is 0 Å². The van der Waals surface area contributed by atoms with Crippen molar-refractivity contribution >= 4 is 13.5 Å². The summed E-state index contributed by atoms with van der Waals surface area (Å²) in [5.41, 5.74) is 0. The molecule has 0 amide bonds. The van der Waals surface area contributed by atoms with Crippen molar-refractivity contribution in [2.75, 3.05) is 6.61 Å².